The molecule has 6 nitrogen and oxygen atoms in total. The van der Waals surface area contributed by atoms with Gasteiger partial charge in [-0.05, 0) is 31.4 Å². The quantitative estimate of drug-likeness (QED) is 0.813. The maximum atomic E-state index is 12.9. The molecule has 0 aliphatic rings. The zero-order valence-corrected chi connectivity index (χ0v) is 15.0. The first kappa shape index (κ1) is 17.6. The molecular weight excluding hydrogens is 312 g/mol. The van der Waals surface area contributed by atoms with Crippen LogP contribution in [0.2, 0.25) is 0 Å². The lowest BCUT2D eigenvalue weighted by Gasteiger charge is -2.30. The molecule has 23 heavy (non-hydrogen) atoms. The van der Waals surface area contributed by atoms with Crippen molar-refractivity contribution < 1.29 is 8.42 Å². The minimum atomic E-state index is -3.62. The average molecular weight is 336 g/mol. The Balaban J connectivity index is 2.40. The van der Waals surface area contributed by atoms with Crippen LogP contribution in [0.5, 0.6) is 0 Å². The van der Waals surface area contributed by atoms with E-state index in [0.717, 1.165) is 5.56 Å². The van der Waals surface area contributed by atoms with E-state index in [1.54, 1.807) is 30.3 Å². The van der Waals surface area contributed by atoms with Gasteiger partial charge in [0.2, 0.25) is 10.0 Å². The number of pyridine rings is 1. The summed E-state index contributed by atoms with van der Waals surface area (Å²) in [5.41, 5.74) is 0.879. The van der Waals surface area contributed by atoms with Crippen molar-refractivity contribution in [3.63, 3.8) is 0 Å². The van der Waals surface area contributed by atoms with E-state index in [0.29, 0.717) is 0 Å². The van der Waals surface area contributed by atoms with Gasteiger partial charge in [0, 0.05) is 31.7 Å². The van der Waals surface area contributed by atoms with E-state index in [1.165, 1.54) is 10.5 Å². The molecule has 0 aliphatic heterocycles. The van der Waals surface area contributed by atoms with Crippen LogP contribution in [0.15, 0.2) is 41.8 Å². The van der Waals surface area contributed by atoms with Crippen LogP contribution in [0.4, 0.5) is 0 Å². The van der Waals surface area contributed by atoms with Gasteiger partial charge in [-0.2, -0.15) is 9.40 Å². The van der Waals surface area contributed by atoms with Gasteiger partial charge in [-0.1, -0.05) is 19.9 Å². The average Bonchev–Trinajstić information content (AvgIpc) is 2.99. The standard InChI is InChI=1S/C16H24N4O2S/c1-12(2)16(14-7-6-8-17-9-14)19(5)23(21,22)15-10-18-20(11-15)13(3)4/h6-13,16H,1-5H3/t16-/m0/s1. The topological polar surface area (TPSA) is 68.1 Å². The van der Waals surface area contributed by atoms with Crippen molar-refractivity contribution in [3.8, 4) is 0 Å². The Bertz CT molecular complexity index is 738. The SMILES string of the molecule is CC(C)[C@@H](c1cccnc1)N(C)S(=O)(=O)c1cnn(C(C)C)c1. The molecular formula is C16H24N4O2S. The Morgan fingerprint density at radius 1 is 1.17 bits per heavy atom. The van der Waals surface area contributed by atoms with E-state index in [9.17, 15) is 8.42 Å². The largest absolute Gasteiger partial charge is 0.269 e. The second-order valence-electron chi connectivity index (χ2n) is 6.25. The van der Waals surface area contributed by atoms with Crippen molar-refractivity contribution in [3.05, 3.63) is 42.5 Å². The molecule has 0 aliphatic carbocycles. The summed E-state index contributed by atoms with van der Waals surface area (Å²) in [6.07, 6.45) is 6.39. The Labute approximate surface area is 138 Å². The molecule has 7 heteroatoms. The van der Waals surface area contributed by atoms with Gasteiger partial charge in [-0.3, -0.25) is 9.67 Å². The van der Waals surface area contributed by atoms with Gasteiger partial charge >= 0.3 is 0 Å². The molecule has 0 radical (unpaired) electrons. The number of nitrogens with zero attached hydrogens (tertiary/aromatic N) is 4. The first-order chi connectivity index (χ1) is 10.7. The summed E-state index contributed by atoms with van der Waals surface area (Å²) in [5, 5.41) is 4.14. The molecule has 126 valence electrons. The zero-order chi connectivity index (χ0) is 17.2. The van der Waals surface area contributed by atoms with E-state index < -0.39 is 10.0 Å². The summed E-state index contributed by atoms with van der Waals surface area (Å²) < 4.78 is 28.9. The van der Waals surface area contributed by atoms with Crippen LogP contribution in [0.25, 0.3) is 0 Å². The van der Waals surface area contributed by atoms with Crippen LogP contribution in [0.3, 0.4) is 0 Å². The molecule has 0 amide bonds. The Kier molecular flexibility index (Phi) is 5.21. The highest BCUT2D eigenvalue weighted by Crippen LogP contribution is 2.31. The molecule has 1 atom stereocenters. The fraction of sp³-hybridized carbons (Fsp3) is 0.500. The monoisotopic (exact) mass is 336 g/mol. The number of aromatic nitrogens is 3. The molecule has 0 aromatic carbocycles. The molecule has 2 heterocycles. The van der Waals surface area contributed by atoms with Gasteiger partial charge < -0.3 is 0 Å². The highest BCUT2D eigenvalue weighted by molar-refractivity contribution is 7.89. The lowest BCUT2D eigenvalue weighted by atomic mass is 9.98. The molecule has 0 N–H and O–H groups in total. The highest BCUT2D eigenvalue weighted by atomic mass is 32.2. The minimum absolute atomic E-state index is 0.110. The van der Waals surface area contributed by atoms with E-state index in [-0.39, 0.29) is 22.9 Å². The highest BCUT2D eigenvalue weighted by Gasteiger charge is 2.32. The van der Waals surface area contributed by atoms with Gasteiger partial charge in [-0.25, -0.2) is 8.42 Å². The second kappa shape index (κ2) is 6.80. The van der Waals surface area contributed by atoms with Gasteiger partial charge in [0.25, 0.3) is 0 Å². The lowest BCUT2D eigenvalue weighted by molar-refractivity contribution is 0.300. The molecule has 0 fully saturated rings. The van der Waals surface area contributed by atoms with Crippen molar-refractivity contribution in [2.45, 2.75) is 44.7 Å². The van der Waals surface area contributed by atoms with Crippen molar-refractivity contribution in [1.29, 1.82) is 0 Å². The first-order valence-electron chi connectivity index (χ1n) is 7.67. The third kappa shape index (κ3) is 3.61. The molecule has 0 saturated carbocycles. The summed E-state index contributed by atoms with van der Waals surface area (Å²) in [6.45, 7) is 7.92. The lowest BCUT2D eigenvalue weighted by Crippen LogP contribution is -2.34. The van der Waals surface area contributed by atoms with Crippen LogP contribution in [0.1, 0.15) is 45.3 Å². The molecule has 0 spiro atoms. The van der Waals surface area contributed by atoms with Gasteiger partial charge in [0.15, 0.2) is 0 Å². The van der Waals surface area contributed by atoms with Gasteiger partial charge in [0.1, 0.15) is 4.90 Å². The molecule has 2 aromatic rings. The molecule has 0 saturated heterocycles. The predicted octanol–water partition coefficient (Wildman–Crippen LogP) is 2.88. The molecule has 0 bridgehead atoms. The van der Waals surface area contributed by atoms with Crippen LogP contribution >= 0.6 is 0 Å². The van der Waals surface area contributed by atoms with Gasteiger partial charge in [-0.15, -0.1) is 0 Å². The van der Waals surface area contributed by atoms with Crippen molar-refractivity contribution in [2.75, 3.05) is 7.05 Å². The summed E-state index contributed by atoms with van der Waals surface area (Å²) in [7, 11) is -2.01. The van der Waals surface area contributed by atoms with Crippen LogP contribution in [0, 0.1) is 5.92 Å². The van der Waals surface area contributed by atoms with Crippen molar-refractivity contribution in [1.82, 2.24) is 19.1 Å². The number of sulfonamides is 1. The van der Waals surface area contributed by atoms with Gasteiger partial charge in [0.05, 0.1) is 12.2 Å². The van der Waals surface area contributed by atoms with E-state index in [2.05, 4.69) is 10.1 Å². The zero-order valence-electron chi connectivity index (χ0n) is 14.2. The van der Waals surface area contributed by atoms with Crippen molar-refractivity contribution >= 4 is 10.0 Å². The summed E-state index contributed by atoms with van der Waals surface area (Å²) >= 11 is 0. The van der Waals surface area contributed by atoms with E-state index in [4.69, 9.17) is 0 Å². The first-order valence-corrected chi connectivity index (χ1v) is 9.11. The molecule has 2 aromatic heterocycles. The minimum Gasteiger partial charge on any atom is -0.269 e. The Hall–Kier alpha value is -1.73. The third-order valence-electron chi connectivity index (χ3n) is 3.83. The summed E-state index contributed by atoms with van der Waals surface area (Å²) in [6, 6.07) is 3.56. The summed E-state index contributed by atoms with van der Waals surface area (Å²) in [5.74, 6) is 0.110. The summed E-state index contributed by atoms with van der Waals surface area (Å²) in [4.78, 5) is 4.33. The van der Waals surface area contributed by atoms with Crippen LogP contribution in [-0.4, -0.2) is 34.5 Å². The van der Waals surface area contributed by atoms with Crippen LogP contribution < -0.4 is 0 Å². The van der Waals surface area contributed by atoms with E-state index >= 15 is 0 Å². The smallest absolute Gasteiger partial charge is 0.246 e. The fourth-order valence-corrected chi connectivity index (χ4v) is 4.04. The number of rotatable bonds is 6. The Morgan fingerprint density at radius 2 is 1.87 bits per heavy atom. The van der Waals surface area contributed by atoms with E-state index in [1.807, 2.05) is 39.8 Å². The molecule has 0 unspecified atom stereocenters. The van der Waals surface area contributed by atoms with Crippen LogP contribution in [-0.2, 0) is 10.0 Å². The van der Waals surface area contributed by atoms with Crippen molar-refractivity contribution in [2.24, 2.45) is 5.92 Å². The Morgan fingerprint density at radius 3 is 2.35 bits per heavy atom. The third-order valence-corrected chi connectivity index (χ3v) is 5.62. The fourth-order valence-electron chi connectivity index (χ4n) is 2.62. The number of hydrogen-bond acceptors (Lipinski definition) is 4. The second-order valence-corrected chi connectivity index (χ2v) is 8.24. The normalized spacial score (nSPS) is 13.9. The maximum Gasteiger partial charge on any atom is 0.246 e. The predicted molar refractivity (Wildman–Crippen MR) is 89.4 cm³/mol. The molecule has 2 rings (SSSR count). The number of hydrogen-bond donors (Lipinski definition) is 0. The maximum absolute atomic E-state index is 12.9.